The molecule has 0 fully saturated rings. The molecule has 0 aliphatic heterocycles. The van der Waals surface area contributed by atoms with Crippen molar-refractivity contribution in [3.05, 3.63) is 35.0 Å². The summed E-state index contributed by atoms with van der Waals surface area (Å²) in [5.41, 5.74) is 1.07. The highest BCUT2D eigenvalue weighted by Crippen LogP contribution is 2.22. The highest BCUT2D eigenvalue weighted by atomic mass is 35.5. The second-order valence-electron chi connectivity index (χ2n) is 2.48. The van der Waals surface area contributed by atoms with Gasteiger partial charge in [-0.3, -0.25) is 0 Å². The van der Waals surface area contributed by atoms with E-state index in [2.05, 4.69) is 18.8 Å². The molecule has 1 rings (SSSR count). The van der Waals surface area contributed by atoms with Gasteiger partial charge in [0, 0.05) is 12.1 Å². The Morgan fingerprint density at radius 2 is 2.36 bits per heavy atom. The fourth-order valence-corrected chi connectivity index (χ4v) is 1.18. The van der Waals surface area contributed by atoms with Crippen LogP contribution < -0.4 is 0 Å². The highest BCUT2D eigenvalue weighted by molar-refractivity contribution is 6.30. The van der Waals surface area contributed by atoms with Crippen LogP contribution in [0.1, 0.15) is 25.8 Å². The predicted octanol–water partition coefficient (Wildman–Crippen LogP) is 3.09. The molecule has 1 heterocycles. The van der Waals surface area contributed by atoms with Gasteiger partial charge in [-0.15, -0.1) is 0 Å². The Labute approximate surface area is 72.4 Å². The lowest BCUT2D eigenvalue weighted by Crippen LogP contribution is -1.94. The molecule has 0 bridgehead atoms. The number of halogens is 1. The number of hydrogen-bond acceptors (Lipinski definition) is 1. The molecule has 1 aromatic heterocycles. The Morgan fingerprint density at radius 3 is 2.91 bits per heavy atom. The maximum absolute atomic E-state index is 5.87. The first-order valence-electron chi connectivity index (χ1n) is 3.69. The quantitative estimate of drug-likeness (QED) is 0.619. The Balaban J connectivity index is 2.93. The van der Waals surface area contributed by atoms with Crippen LogP contribution in [0.3, 0.4) is 0 Å². The molecule has 0 saturated carbocycles. The number of nitrogens with zero attached hydrogens (tertiary/aromatic N) is 1. The molecule has 2 heteroatoms. The van der Waals surface area contributed by atoms with Crippen molar-refractivity contribution in [3.63, 3.8) is 0 Å². The smallest absolute Gasteiger partial charge is 0.132 e. The van der Waals surface area contributed by atoms with Gasteiger partial charge in [-0.25, -0.2) is 4.98 Å². The van der Waals surface area contributed by atoms with E-state index in [1.165, 1.54) is 5.92 Å². The molecule has 0 N–H and O–H groups in total. The van der Waals surface area contributed by atoms with Crippen molar-refractivity contribution < 1.29 is 0 Å². The average Bonchev–Trinajstić information content (AvgIpc) is 2.04. The molecule has 1 aromatic rings. The minimum absolute atomic E-state index is 0.604. The molecule has 1 radical (unpaired) electrons. The number of pyridine rings is 1. The van der Waals surface area contributed by atoms with Crippen LogP contribution in [0.2, 0.25) is 5.15 Å². The third-order valence-corrected chi connectivity index (χ3v) is 2.05. The van der Waals surface area contributed by atoms with Crippen molar-refractivity contribution in [1.29, 1.82) is 0 Å². The van der Waals surface area contributed by atoms with Gasteiger partial charge in [0.2, 0.25) is 0 Å². The highest BCUT2D eigenvalue weighted by Gasteiger charge is 2.07. The molecule has 0 aromatic carbocycles. The van der Waals surface area contributed by atoms with Crippen LogP contribution in [-0.2, 0) is 0 Å². The number of rotatable bonds is 2. The van der Waals surface area contributed by atoms with Crippen LogP contribution in [0, 0.1) is 5.92 Å². The topological polar surface area (TPSA) is 12.9 Å². The molecule has 0 aliphatic rings. The van der Waals surface area contributed by atoms with E-state index < -0.39 is 0 Å². The van der Waals surface area contributed by atoms with Gasteiger partial charge in [0.15, 0.2) is 0 Å². The Hall–Kier alpha value is -0.560. The predicted molar refractivity (Wildman–Crippen MR) is 47.6 cm³/mol. The van der Waals surface area contributed by atoms with Crippen molar-refractivity contribution in [1.82, 2.24) is 4.98 Å². The van der Waals surface area contributed by atoms with E-state index in [-0.39, 0.29) is 0 Å². The van der Waals surface area contributed by atoms with E-state index in [1.54, 1.807) is 6.20 Å². The Kier molecular flexibility index (Phi) is 2.89. The van der Waals surface area contributed by atoms with E-state index in [9.17, 15) is 0 Å². The summed E-state index contributed by atoms with van der Waals surface area (Å²) in [4.78, 5) is 3.99. The van der Waals surface area contributed by atoms with E-state index in [0.717, 1.165) is 12.0 Å². The van der Waals surface area contributed by atoms with E-state index >= 15 is 0 Å². The fraction of sp³-hybridized carbons (Fsp3) is 0.333. The minimum atomic E-state index is 0.604. The van der Waals surface area contributed by atoms with Gasteiger partial charge in [0.25, 0.3) is 0 Å². The molecule has 0 saturated heterocycles. The molecule has 0 amide bonds. The van der Waals surface area contributed by atoms with Gasteiger partial charge in [-0.05, 0) is 18.1 Å². The Bertz CT molecular complexity index is 235. The molecule has 0 unspecified atom stereocenters. The number of aromatic nitrogens is 1. The van der Waals surface area contributed by atoms with Crippen molar-refractivity contribution >= 4 is 11.6 Å². The zero-order chi connectivity index (χ0) is 8.27. The molecular formula is C9H11ClN. The second-order valence-corrected chi connectivity index (χ2v) is 2.83. The minimum Gasteiger partial charge on any atom is -0.244 e. The van der Waals surface area contributed by atoms with Crippen LogP contribution in [0.4, 0.5) is 0 Å². The molecule has 0 aliphatic carbocycles. The lowest BCUT2D eigenvalue weighted by Gasteiger charge is -2.08. The summed E-state index contributed by atoms with van der Waals surface area (Å²) in [7, 11) is 0. The third-order valence-electron chi connectivity index (χ3n) is 1.75. The van der Waals surface area contributed by atoms with Crippen LogP contribution >= 0.6 is 11.6 Å². The zero-order valence-corrected chi connectivity index (χ0v) is 7.52. The molecule has 11 heavy (non-hydrogen) atoms. The SMILES string of the molecule is CC[C](C)c1cccnc1Cl. The molecule has 1 nitrogen and oxygen atoms in total. The van der Waals surface area contributed by atoms with Crippen molar-refractivity contribution in [3.8, 4) is 0 Å². The normalized spacial score (nSPS) is 10.5. The largest absolute Gasteiger partial charge is 0.244 e. The van der Waals surface area contributed by atoms with Crippen molar-refractivity contribution in [2.45, 2.75) is 20.3 Å². The first-order valence-corrected chi connectivity index (χ1v) is 4.06. The summed E-state index contributed by atoms with van der Waals surface area (Å²) in [6.07, 6.45) is 2.72. The monoisotopic (exact) mass is 168 g/mol. The van der Waals surface area contributed by atoms with Crippen LogP contribution in [0.5, 0.6) is 0 Å². The molecular weight excluding hydrogens is 158 g/mol. The van der Waals surface area contributed by atoms with E-state index in [0.29, 0.717) is 5.15 Å². The van der Waals surface area contributed by atoms with Gasteiger partial charge < -0.3 is 0 Å². The average molecular weight is 169 g/mol. The van der Waals surface area contributed by atoms with Gasteiger partial charge in [-0.2, -0.15) is 0 Å². The van der Waals surface area contributed by atoms with Gasteiger partial charge in [0.1, 0.15) is 5.15 Å². The first kappa shape index (κ1) is 8.54. The summed E-state index contributed by atoms with van der Waals surface area (Å²) in [6, 6.07) is 3.90. The summed E-state index contributed by atoms with van der Waals surface area (Å²) in [6.45, 7) is 4.18. The second kappa shape index (κ2) is 3.72. The van der Waals surface area contributed by atoms with Crippen LogP contribution in [0.15, 0.2) is 18.3 Å². The van der Waals surface area contributed by atoms with Gasteiger partial charge >= 0.3 is 0 Å². The molecule has 0 spiro atoms. The molecule has 59 valence electrons. The first-order chi connectivity index (χ1) is 5.25. The number of hydrogen-bond donors (Lipinski definition) is 0. The van der Waals surface area contributed by atoms with Crippen molar-refractivity contribution in [2.24, 2.45) is 0 Å². The Morgan fingerprint density at radius 1 is 1.64 bits per heavy atom. The summed E-state index contributed by atoms with van der Waals surface area (Å²) >= 11 is 5.87. The summed E-state index contributed by atoms with van der Waals surface area (Å²) < 4.78 is 0. The standard InChI is InChI=1S/C9H11ClN/c1-3-7(2)8-5-4-6-11-9(8)10/h4-6H,3H2,1-2H3. The summed E-state index contributed by atoms with van der Waals surface area (Å²) in [5.74, 6) is 1.28. The van der Waals surface area contributed by atoms with Gasteiger partial charge in [-0.1, -0.05) is 31.5 Å². The lowest BCUT2D eigenvalue weighted by molar-refractivity contribution is 0.950. The maximum atomic E-state index is 5.87. The maximum Gasteiger partial charge on any atom is 0.132 e. The van der Waals surface area contributed by atoms with Gasteiger partial charge in [0.05, 0.1) is 0 Å². The third kappa shape index (κ3) is 1.93. The fourth-order valence-electron chi connectivity index (χ4n) is 0.895. The van der Waals surface area contributed by atoms with E-state index in [4.69, 9.17) is 11.6 Å². The van der Waals surface area contributed by atoms with E-state index in [1.807, 2.05) is 12.1 Å². The van der Waals surface area contributed by atoms with Crippen LogP contribution in [0.25, 0.3) is 0 Å². The lowest BCUT2D eigenvalue weighted by atomic mass is 10.0. The zero-order valence-electron chi connectivity index (χ0n) is 6.76. The molecule has 0 atom stereocenters. The summed E-state index contributed by atoms with van der Waals surface area (Å²) in [5, 5.41) is 0.604. The van der Waals surface area contributed by atoms with Crippen LogP contribution in [-0.4, -0.2) is 4.98 Å². The van der Waals surface area contributed by atoms with Crippen molar-refractivity contribution in [2.75, 3.05) is 0 Å².